The molecule has 29 heavy (non-hydrogen) atoms. The third-order valence-corrected chi connectivity index (χ3v) is 5.79. The summed E-state index contributed by atoms with van der Waals surface area (Å²) in [5.74, 6) is 0. The van der Waals surface area contributed by atoms with E-state index in [1.54, 1.807) is 6.07 Å². The Hall–Kier alpha value is -2.24. The Morgan fingerprint density at radius 2 is 1.28 bits per heavy atom. The van der Waals surface area contributed by atoms with E-state index in [1.165, 1.54) is 6.07 Å². The van der Waals surface area contributed by atoms with Crippen LogP contribution in [0.3, 0.4) is 0 Å². The maximum absolute atomic E-state index is 13.1. The summed E-state index contributed by atoms with van der Waals surface area (Å²) in [6.07, 6.45) is -16.2. The molecule has 0 fully saturated rings. The van der Waals surface area contributed by atoms with Gasteiger partial charge in [0.1, 0.15) is 0 Å². The first kappa shape index (κ1) is 23.0. The van der Waals surface area contributed by atoms with Gasteiger partial charge in [0.25, 0.3) is 0 Å². The summed E-state index contributed by atoms with van der Waals surface area (Å²) in [5, 5.41) is 0.860. The fourth-order valence-electron chi connectivity index (χ4n) is 2.52. The van der Waals surface area contributed by atoms with Crippen molar-refractivity contribution < 1.29 is 39.5 Å². The van der Waals surface area contributed by atoms with Crippen LogP contribution in [0.25, 0.3) is 0 Å². The average Bonchev–Trinajstić information content (AvgIpc) is 2.98. The molecule has 0 spiro atoms. The van der Waals surface area contributed by atoms with Crippen molar-refractivity contribution in [3.8, 4) is 0 Å². The summed E-state index contributed by atoms with van der Waals surface area (Å²) in [7, 11) is -1.76. The van der Waals surface area contributed by atoms with Gasteiger partial charge in [-0.3, -0.25) is 4.99 Å². The highest BCUT2D eigenvalue weighted by Crippen LogP contribution is 2.48. The van der Waals surface area contributed by atoms with Crippen LogP contribution in [0.2, 0.25) is 19.6 Å². The Morgan fingerprint density at radius 3 is 1.62 bits per heavy atom. The monoisotopic (exact) mass is 446 g/mol. The summed E-state index contributed by atoms with van der Waals surface area (Å²) < 4.78 is 118. The van der Waals surface area contributed by atoms with Crippen molar-refractivity contribution in [2.45, 2.75) is 38.2 Å². The zero-order chi connectivity index (χ0) is 22.4. The van der Waals surface area contributed by atoms with Crippen LogP contribution in [0.5, 0.6) is 0 Å². The lowest BCUT2D eigenvalue weighted by Crippen LogP contribution is -2.38. The third kappa shape index (κ3) is 5.43. The number of hydrogen-bond acceptors (Lipinski definition) is 1. The Kier molecular flexibility index (Phi) is 5.74. The van der Waals surface area contributed by atoms with Crippen LogP contribution in [-0.4, -0.2) is 19.3 Å². The lowest BCUT2D eigenvalue weighted by molar-refractivity contribution is -0.174. The number of aromatic amines is 1. The van der Waals surface area contributed by atoms with E-state index < -0.39 is 49.0 Å². The van der Waals surface area contributed by atoms with Crippen molar-refractivity contribution in [3.63, 3.8) is 0 Å². The molecule has 12 heteroatoms. The molecule has 0 unspecified atom stereocenters. The standard InChI is InChI=1S/C17H15F9N2Si/c1-29(2,3)13-5-4-9(28-13)8-27-10-6-11(15(18,19)20)14(17(24,25)26)12(7-10)16(21,22)23/h4-8,28H,1-3H3. The van der Waals surface area contributed by atoms with Crippen molar-refractivity contribution in [2.24, 2.45) is 4.99 Å². The van der Waals surface area contributed by atoms with Crippen LogP contribution in [0.15, 0.2) is 29.3 Å². The molecule has 160 valence electrons. The normalized spacial score (nSPS) is 14.1. The zero-order valence-electron chi connectivity index (χ0n) is 15.2. The predicted molar refractivity (Wildman–Crippen MR) is 92.5 cm³/mol. The molecule has 2 aromatic rings. The number of alkyl halides is 9. The molecule has 2 rings (SSSR count). The van der Waals surface area contributed by atoms with Crippen molar-refractivity contribution >= 4 is 25.3 Å². The lowest BCUT2D eigenvalue weighted by Gasteiger charge is -2.21. The maximum Gasteiger partial charge on any atom is 0.417 e. The lowest BCUT2D eigenvalue weighted by atomic mass is 9.98. The molecule has 0 bridgehead atoms. The molecule has 0 atom stereocenters. The van der Waals surface area contributed by atoms with Gasteiger partial charge in [-0.05, 0) is 29.6 Å². The SMILES string of the molecule is C[Si](C)(C)c1ccc(C=Nc2cc(C(F)(F)F)c(C(F)(F)F)c(C(F)(F)F)c2)[nH]1. The molecular weight excluding hydrogens is 431 g/mol. The van der Waals surface area contributed by atoms with Crippen molar-refractivity contribution in [3.05, 3.63) is 46.6 Å². The van der Waals surface area contributed by atoms with Gasteiger partial charge in [0.15, 0.2) is 0 Å². The van der Waals surface area contributed by atoms with Crippen LogP contribution >= 0.6 is 0 Å². The van der Waals surface area contributed by atoms with Gasteiger partial charge in [-0.25, -0.2) is 0 Å². The van der Waals surface area contributed by atoms with Gasteiger partial charge in [0.05, 0.1) is 42.4 Å². The summed E-state index contributed by atoms with van der Waals surface area (Å²) in [6.45, 7) is 6.00. The molecule has 2 nitrogen and oxygen atoms in total. The highest BCUT2D eigenvalue weighted by atomic mass is 28.3. The highest BCUT2D eigenvalue weighted by molar-refractivity contribution is 6.88. The van der Waals surface area contributed by atoms with Crippen LogP contribution in [0.4, 0.5) is 45.2 Å². The van der Waals surface area contributed by atoms with Crippen LogP contribution in [0, 0.1) is 0 Å². The summed E-state index contributed by atoms with van der Waals surface area (Å²) >= 11 is 0. The Labute approximate surface area is 160 Å². The Bertz CT molecular complexity index is 878. The predicted octanol–water partition coefficient (Wildman–Crippen LogP) is 6.37. The molecular formula is C17H15F9N2Si. The summed E-state index contributed by atoms with van der Waals surface area (Å²) in [6, 6.07) is 3.15. The van der Waals surface area contributed by atoms with E-state index in [4.69, 9.17) is 0 Å². The van der Waals surface area contributed by atoms with E-state index >= 15 is 0 Å². The number of nitrogens with zero attached hydrogens (tertiary/aromatic N) is 1. The molecule has 0 aliphatic heterocycles. The molecule has 0 aliphatic carbocycles. The first-order chi connectivity index (χ1) is 12.9. The first-order valence-electron chi connectivity index (χ1n) is 8.04. The second-order valence-electron chi connectivity index (χ2n) is 7.24. The molecule has 1 N–H and O–H groups in total. The summed E-state index contributed by atoms with van der Waals surface area (Å²) in [5.41, 5.74) is -8.27. The van der Waals surface area contributed by atoms with Crippen LogP contribution in [-0.2, 0) is 18.5 Å². The highest BCUT2D eigenvalue weighted by Gasteiger charge is 2.50. The van der Waals surface area contributed by atoms with E-state index in [9.17, 15) is 39.5 Å². The van der Waals surface area contributed by atoms with E-state index in [1.807, 2.05) is 19.6 Å². The minimum atomic E-state index is -5.86. The fraction of sp³-hybridized carbons (Fsp3) is 0.353. The van der Waals surface area contributed by atoms with Gasteiger partial charge in [-0.15, -0.1) is 0 Å². The Balaban J connectivity index is 2.63. The molecule has 0 amide bonds. The number of benzene rings is 1. The van der Waals surface area contributed by atoms with Gasteiger partial charge >= 0.3 is 18.5 Å². The average molecular weight is 446 g/mol. The minimum Gasteiger partial charge on any atom is -0.362 e. The first-order valence-corrected chi connectivity index (χ1v) is 11.5. The molecule has 0 radical (unpaired) electrons. The summed E-state index contributed by atoms with van der Waals surface area (Å²) in [4.78, 5) is 6.47. The van der Waals surface area contributed by atoms with E-state index in [0.717, 1.165) is 11.5 Å². The zero-order valence-corrected chi connectivity index (χ0v) is 16.2. The molecule has 0 aliphatic rings. The van der Waals surface area contributed by atoms with Gasteiger partial charge < -0.3 is 4.98 Å². The van der Waals surface area contributed by atoms with E-state index in [0.29, 0.717) is 5.69 Å². The molecule has 0 saturated heterocycles. The second kappa shape index (κ2) is 7.22. The third-order valence-electron chi connectivity index (χ3n) is 3.89. The molecule has 0 saturated carbocycles. The number of rotatable bonds is 3. The number of aromatic nitrogens is 1. The number of nitrogens with one attached hydrogen (secondary N) is 1. The van der Waals surface area contributed by atoms with Crippen molar-refractivity contribution in [1.82, 2.24) is 4.98 Å². The Morgan fingerprint density at radius 1 is 0.793 bits per heavy atom. The topological polar surface area (TPSA) is 28.1 Å². The second-order valence-corrected chi connectivity index (χ2v) is 12.3. The fourth-order valence-corrected chi connectivity index (χ4v) is 3.63. The number of hydrogen-bond donors (Lipinski definition) is 1. The van der Waals surface area contributed by atoms with Crippen LogP contribution in [0.1, 0.15) is 22.4 Å². The molecule has 1 aromatic heterocycles. The number of aliphatic imine (C=N–C) groups is 1. The van der Waals surface area contributed by atoms with Crippen molar-refractivity contribution in [1.29, 1.82) is 0 Å². The van der Waals surface area contributed by atoms with Crippen molar-refractivity contribution in [2.75, 3.05) is 0 Å². The number of halogens is 9. The molecule has 1 heterocycles. The largest absolute Gasteiger partial charge is 0.417 e. The smallest absolute Gasteiger partial charge is 0.362 e. The van der Waals surface area contributed by atoms with Gasteiger partial charge in [0, 0.05) is 0 Å². The van der Waals surface area contributed by atoms with Gasteiger partial charge in [-0.1, -0.05) is 19.6 Å². The number of H-pyrrole nitrogens is 1. The van der Waals surface area contributed by atoms with Gasteiger partial charge in [0.2, 0.25) is 0 Å². The minimum absolute atomic E-state index is 0.0447. The molecule has 1 aromatic carbocycles. The van der Waals surface area contributed by atoms with E-state index in [2.05, 4.69) is 9.98 Å². The quantitative estimate of drug-likeness (QED) is 0.323. The maximum atomic E-state index is 13.1. The van der Waals surface area contributed by atoms with E-state index in [-0.39, 0.29) is 12.1 Å². The van der Waals surface area contributed by atoms with Gasteiger partial charge in [-0.2, -0.15) is 39.5 Å². The van der Waals surface area contributed by atoms with Crippen LogP contribution < -0.4 is 5.32 Å².